The van der Waals surface area contributed by atoms with Crippen molar-refractivity contribution < 1.29 is 46.5 Å². The molecule has 0 radical (unpaired) electrons. The van der Waals surface area contributed by atoms with Crippen molar-refractivity contribution in [3.8, 4) is 0 Å². The predicted octanol–water partition coefficient (Wildman–Crippen LogP) is 1.85. The molecule has 34 heavy (non-hydrogen) atoms. The maximum atomic E-state index is 13.2. The van der Waals surface area contributed by atoms with Gasteiger partial charge in [-0.25, -0.2) is 9.13 Å². The number of rotatable bonds is 7. The van der Waals surface area contributed by atoms with Gasteiger partial charge in [0.2, 0.25) is 5.91 Å². The van der Waals surface area contributed by atoms with E-state index in [2.05, 4.69) is 4.57 Å². The molecular formula is C26H29F3IN3O. The molecule has 2 atom stereocenters. The molecule has 3 aromatic rings. The Morgan fingerprint density at radius 1 is 1.03 bits per heavy atom. The largest absolute Gasteiger partial charge is 1.00 e. The molecule has 1 amide bonds. The highest BCUT2D eigenvalue weighted by Crippen LogP contribution is 2.49. The first-order chi connectivity index (χ1) is 15.7. The third kappa shape index (κ3) is 5.01. The number of benzene rings is 2. The second-order valence-corrected chi connectivity index (χ2v) is 8.88. The molecule has 0 spiro atoms. The third-order valence-corrected chi connectivity index (χ3v) is 7.09. The smallest absolute Gasteiger partial charge is 0.392 e. The van der Waals surface area contributed by atoms with Gasteiger partial charge in [-0.2, -0.15) is 13.2 Å². The Morgan fingerprint density at radius 3 is 2.09 bits per heavy atom. The topological polar surface area (TPSA) is 51.9 Å². The molecule has 1 saturated carbocycles. The van der Waals surface area contributed by atoms with Crippen LogP contribution in [0.3, 0.4) is 0 Å². The van der Waals surface area contributed by atoms with Gasteiger partial charge in [-0.3, -0.25) is 4.79 Å². The minimum atomic E-state index is -4.19. The van der Waals surface area contributed by atoms with Gasteiger partial charge in [-0.15, -0.1) is 0 Å². The molecule has 0 saturated heterocycles. The number of hydrogen-bond acceptors (Lipinski definition) is 1. The van der Waals surface area contributed by atoms with Gasteiger partial charge < -0.3 is 29.7 Å². The van der Waals surface area contributed by atoms with Crippen LogP contribution in [0.5, 0.6) is 0 Å². The summed E-state index contributed by atoms with van der Waals surface area (Å²) in [6.45, 7) is 1.75. The second-order valence-electron chi connectivity index (χ2n) is 8.88. The monoisotopic (exact) mass is 583 g/mol. The summed E-state index contributed by atoms with van der Waals surface area (Å²) >= 11 is 0. The van der Waals surface area contributed by atoms with E-state index in [-0.39, 0.29) is 48.4 Å². The summed E-state index contributed by atoms with van der Waals surface area (Å²) in [5.41, 5.74) is 6.94. The standard InChI is InChI=1S/C26H28F3N3O.HI/c1-19-31(15-14-25(27,28)29)16-17-32(19)23-13-12-22(18-23)26(24(30)33,20-8-4-2-5-9-20)21-10-6-3-7-11-21;/h2-11,16-17,22-23H,12-15,18H2,1H3,(H-,30,33);1H/t22-,23+;/m1./s1. The minimum Gasteiger partial charge on any atom is -1.00 e. The number of aryl methyl sites for hydroxylation is 1. The summed E-state index contributed by atoms with van der Waals surface area (Å²) in [6, 6.07) is 19.4. The van der Waals surface area contributed by atoms with E-state index in [0.29, 0.717) is 6.42 Å². The second kappa shape index (κ2) is 10.5. The molecule has 4 rings (SSSR count). The van der Waals surface area contributed by atoms with Gasteiger partial charge in [-0.05, 0) is 36.3 Å². The average molecular weight is 583 g/mol. The molecule has 182 valence electrons. The van der Waals surface area contributed by atoms with Crippen molar-refractivity contribution in [2.24, 2.45) is 11.7 Å². The molecule has 4 nitrogen and oxygen atoms in total. The first-order valence-electron chi connectivity index (χ1n) is 11.3. The maximum Gasteiger partial charge on any atom is 0.392 e. The molecule has 1 fully saturated rings. The number of carbonyl (C=O) groups excluding carboxylic acids is 1. The van der Waals surface area contributed by atoms with Crippen molar-refractivity contribution in [3.05, 3.63) is 90.0 Å². The highest BCUT2D eigenvalue weighted by molar-refractivity contribution is 5.91. The zero-order valence-corrected chi connectivity index (χ0v) is 21.2. The van der Waals surface area contributed by atoms with Crippen LogP contribution in [0.4, 0.5) is 13.2 Å². The van der Waals surface area contributed by atoms with Gasteiger partial charge in [0.15, 0.2) is 0 Å². The Labute approximate surface area is 215 Å². The van der Waals surface area contributed by atoms with Crippen LogP contribution in [0.1, 0.15) is 48.7 Å². The van der Waals surface area contributed by atoms with Crippen LogP contribution < -0.4 is 34.3 Å². The Kier molecular flexibility index (Phi) is 8.10. The van der Waals surface area contributed by atoms with E-state index < -0.39 is 18.0 Å². The zero-order chi connectivity index (χ0) is 23.6. The summed E-state index contributed by atoms with van der Waals surface area (Å²) in [6.07, 6.45) is 0.849. The summed E-state index contributed by atoms with van der Waals surface area (Å²) < 4.78 is 41.8. The van der Waals surface area contributed by atoms with Gasteiger partial charge in [0.25, 0.3) is 5.82 Å². The van der Waals surface area contributed by atoms with Crippen LogP contribution in [0.15, 0.2) is 73.1 Å². The van der Waals surface area contributed by atoms with Crippen molar-refractivity contribution in [1.29, 1.82) is 0 Å². The van der Waals surface area contributed by atoms with E-state index >= 15 is 0 Å². The fourth-order valence-corrected chi connectivity index (χ4v) is 5.52. The average Bonchev–Trinajstić information content (AvgIpc) is 3.41. The lowest BCUT2D eigenvalue weighted by molar-refractivity contribution is -0.705. The summed E-state index contributed by atoms with van der Waals surface area (Å²) in [5, 5.41) is 0. The third-order valence-electron chi connectivity index (χ3n) is 7.09. The Bertz CT molecular complexity index is 1060. The molecule has 0 bridgehead atoms. The summed E-state index contributed by atoms with van der Waals surface area (Å²) in [7, 11) is 0. The van der Waals surface area contributed by atoms with Crippen LogP contribution >= 0.6 is 0 Å². The summed E-state index contributed by atoms with van der Waals surface area (Å²) in [4.78, 5) is 13.2. The normalized spacial score (nSPS) is 18.5. The van der Waals surface area contributed by atoms with E-state index in [4.69, 9.17) is 5.73 Å². The van der Waals surface area contributed by atoms with E-state index in [1.54, 1.807) is 10.8 Å². The number of alkyl halides is 3. The number of nitrogens with two attached hydrogens (primary N) is 1. The number of hydrogen-bond donors (Lipinski definition) is 1. The van der Waals surface area contributed by atoms with Crippen molar-refractivity contribution in [2.75, 3.05) is 0 Å². The molecule has 1 aromatic heterocycles. The Hall–Kier alpha value is -2.36. The van der Waals surface area contributed by atoms with E-state index in [1.807, 2.05) is 73.8 Å². The highest BCUT2D eigenvalue weighted by Gasteiger charge is 2.51. The number of carbonyl (C=O) groups is 1. The number of aromatic nitrogens is 2. The van der Waals surface area contributed by atoms with E-state index in [0.717, 1.165) is 29.8 Å². The van der Waals surface area contributed by atoms with Crippen LogP contribution in [0, 0.1) is 12.8 Å². The molecule has 0 aliphatic heterocycles. The van der Waals surface area contributed by atoms with Crippen molar-refractivity contribution >= 4 is 5.91 Å². The van der Waals surface area contributed by atoms with E-state index in [9.17, 15) is 18.0 Å². The molecule has 2 aromatic carbocycles. The van der Waals surface area contributed by atoms with Gasteiger partial charge >= 0.3 is 6.18 Å². The molecule has 1 aliphatic carbocycles. The maximum absolute atomic E-state index is 13.2. The van der Waals surface area contributed by atoms with Crippen LogP contribution in [-0.4, -0.2) is 16.7 Å². The summed E-state index contributed by atoms with van der Waals surface area (Å²) in [5.74, 6) is 0.374. The van der Waals surface area contributed by atoms with Crippen molar-refractivity contribution in [3.63, 3.8) is 0 Å². The first-order valence-corrected chi connectivity index (χ1v) is 11.3. The van der Waals surface area contributed by atoms with E-state index in [1.165, 1.54) is 0 Å². The number of amides is 1. The fourth-order valence-electron chi connectivity index (χ4n) is 5.52. The van der Waals surface area contributed by atoms with Crippen molar-refractivity contribution in [2.45, 2.75) is 56.8 Å². The van der Waals surface area contributed by atoms with Gasteiger partial charge in [0.1, 0.15) is 23.9 Å². The molecule has 1 aliphatic rings. The van der Waals surface area contributed by atoms with Gasteiger partial charge in [-0.1, -0.05) is 60.7 Å². The minimum absolute atomic E-state index is 0. The molecule has 2 N–H and O–H groups in total. The first kappa shape index (κ1) is 26.2. The lowest BCUT2D eigenvalue weighted by Gasteiger charge is -2.37. The zero-order valence-electron chi connectivity index (χ0n) is 19.0. The number of primary amides is 1. The SMILES string of the molecule is Cc1n([C@H]2CC[C@@H](C(C(N)=O)(c3ccccc3)c3ccccc3)C2)cc[n+]1CCC(F)(F)F.[I-]. The lowest BCUT2D eigenvalue weighted by Crippen LogP contribution is -3.00. The predicted molar refractivity (Wildman–Crippen MR) is 119 cm³/mol. The fraction of sp³-hybridized carbons (Fsp3) is 0.385. The molecule has 1 heterocycles. The highest BCUT2D eigenvalue weighted by atomic mass is 127. The number of nitrogens with zero attached hydrogens (tertiary/aromatic N) is 2. The lowest BCUT2D eigenvalue weighted by atomic mass is 9.64. The van der Waals surface area contributed by atoms with Gasteiger partial charge in [0.05, 0.1) is 13.0 Å². The molecule has 8 heteroatoms. The molecular weight excluding hydrogens is 554 g/mol. The Balaban J connectivity index is 0.00000324. The Morgan fingerprint density at radius 2 is 1.59 bits per heavy atom. The number of halogens is 4. The quantitative estimate of drug-likeness (QED) is 0.335. The van der Waals surface area contributed by atoms with Crippen LogP contribution in [0.2, 0.25) is 0 Å². The molecule has 0 unspecified atom stereocenters. The van der Waals surface area contributed by atoms with Crippen LogP contribution in [-0.2, 0) is 16.8 Å². The van der Waals surface area contributed by atoms with Crippen LogP contribution in [0.25, 0.3) is 0 Å². The van der Waals surface area contributed by atoms with Crippen molar-refractivity contribution in [1.82, 2.24) is 4.57 Å². The number of imidazole rings is 1. The van der Waals surface area contributed by atoms with Gasteiger partial charge in [0, 0.05) is 6.92 Å².